The van der Waals surface area contributed by atoms with Crippen LogP contribution in [0.5, 0.6) is 5.75 Å². The molecule has 0 spiro atoms. The van der Waals surface area contributed by atoms with E-state index in [1.807, 2.05) is 6.07 Å². The monoisotopic (exact) mass is 918 g/mol. The lowest BCUT2D eigenvalue weighted by Gasteiger charge is -2.31. The Kier molecular flexibility index (Phi) is 13.1. The Morgan fingerprint density at radius 2 is 1.49 bits per heavy atom. The number of alkyl halides is 10. The molecular formula is C36H26Cl2F10N4O9. The van der Waals surface area contributed by atoms with E-state index in [1.165, 1.54) is 12.1 Å². The Morgan fingerprint density at radius 3 is 2.03 bits per heavy atom. The van der Waals surface area contributed by atoms with Crippen LogP contribution in [0.15, 0.2) is 54.9 Å². The van der Waals surface area contributed by atoms with Crippen LogP contribution in [0.25, 0.3) is 16.8 Å². The van der Waals surface area contributed by atoms with E-state index in [4.69, 9.17) is 42.5 Å². The van der Waals surface area contributed by atoms with Crippen LogP contribution >= 0.6 is 23.2 Å². The number of nitriles is 1. The Hall–Kier alpha value is -5.76. The zero-order valence-electron chi connectivity index (χ0n) is 30.3. The molecule has 1 heterocycles. The standard InChI is InChI=1S/C36H26Cl2F10N4O9/c37-24-6-1-18(19-14-50-52(15-19)29-25(38)12-20(13-26(29)61-36(46,47)48)33(39,34(40,41)42)35(43,44)45)11-23(24)30(56)51(32(16-49)9-10-32)17-58-31(57)60-22-4-2-21(3-5-22)59-28(55)8-7-27(53)54/h1,6-8,11-15,21-22H,2-5,9-10,17H2,(H,53,54)/b8-7+. The number of carbonyl (C=O) groups excluding carboxylic acids is 3. The smallest absolute Gasteiger partial charge is 0.478 e. The molecule has 25 heteroatoms. The van der Waals surface area contributed by atoms with Gasteiger partial charge in [-0.25, -0.2) is 23.5 Å². The topological polar surface area (TPSA) is 170 Å². The fourth-order valence-corrected chi connectivity index (χ4v) is 6.62. The van der Waals surface area contributed by atoms with Gasteiger partial charge in [-0.15, -0.1) is 13.2 Å². The summed E-state index contributed by atoms with van der Waals surface area (Å²) >= 11 is 12.3. The summed E-state index contributed by atoms with van der Waals surface area (Å²) in [4.78, 5) is 49.8. The molecule has 13 nitrogen and oxygen atoms in total. The molecular weight excluding hydrogens is 893 g/mol. The van der Waals surface area contributed by atoms with Gasteiger partial charge >= 0.3 is 42.5 Å². The molecule has 1 aromatic heterocycles. The van der Waals surface area contributed by atoms with Gasteiger partial charge < -0.3 is 24.1 Å². The van der Waals surface area contributed by atoms with Crippen molar-refractivity contribution in [1.82, 2.24) is 14.7 Å². The molecule has 1 N–H and O–H groups in total. The number of nitrogens with zero attached hydrogens (tertiary/aromatic N) is 4. The summed E-state index contributed by atoms with van der Waals surface area (Å²) in [7, 11) is 0. The fraction of sp³-hybridized carbons (Fsp3) is 0.389. The highest BCUT2D eigenvalue weighted by Crippen LogP contribution is 2.55. The minimum absolute atomic E-state index is 0.0308. The second-order valence-corrected chi connectivity index (χ2v) is 14.2. The number of carbonyl (C=O) groups is 4. The maximum absolute atomic E-state index is 14.9. The van der Waals surface area contributed by atoms with Crippen molar-refractivity contribution in [3.63, 3.8) is 0 Å². The zero-order valence-corrected chi connectivity index (χ0v) is 31.9. The molecule has 61 heavy (non-hydrogen) atoms. The van der Waals surface area contributed by atoms with Gasteiger partial charge in [0.05, 0.1) is 27.9 Å². The highest BCUT2D eigenvalue weighted by atomic mass is 35.5. The van der Waals surface area contributed by atoms with Crippen LogP contribution in [-0.4, -0.2) is 87.0 Å². The number of halogens is 12. The summed E-state index contributed by atoms with van der Waals surface area (Å²) in [5.74, 6) is -4.96. The number of ether oxygens (including phenoxy) is 4. The Balaban J connectivity index is 1.36. The number of carboxylic acid groups (broad SMARTS) is 1. The number of aromatic nitrogens is 2. The first-order chi connectivity index (χ1) is 28.3. The summed E-state index contributed by atoms with van der Waals surface area (Å²) in [5.41, 5.74) is -11.4. The molecule has 0 atom stereocenters. The largest absolute Gasteiger partial charge is 0.573 e. The predicted molar refractivity (Wildman–Crippen MR) is 186 cm³/mol. The number of hydrogen-bond acceptors (Lipinski definition) is 10. The zero-order chi connectivity index (χ0) is 45.3. The minimum atomic E-state index is -6.71. The van der Waals surface area contributed by atoms with Crippen LogP contribution in [0.2, 0.25) is 10.0 Å². The Bertz CT molecular complexity index is 2250. The molecule has 0 unspecified atom stereocenters. The van der Waals surface area contributed by atoms with Gasteiger partial charge in [-0.1, -0.05) is 29.3 Å². The van der Waals surface area contributed by atoms with E-state index < -0.39 is 101 Å². The molecule has 0 saturated heterocycles. The molecule has 5 rings (SSSR count). The van der Waals surface area contributed by atoms with E-state index in [0.717, 1.165) is 29.4 Å². The van der Waals surface area contributed by atoms with Crippen LogP contribution < -0.4 is 4.74 Å². The molecule has 0 aliphatic heterocycles. The van der Waals surface area contributed by atoms with E-state index >= 15 is 0 Å². The lowest BCUT2D eigenvalue weighted by Crippen LogP contribution is -2.50. The van der Waals surface area contributed by atoms with Crippen molar-refractivity contribution in [2.24, 2.45) is 0 Å². The second-order valence-electron chi connectivity index (χ2n) is 13.4. The molecule has 2 aliphatic carbocycles. The molecule has 0 bridgehead atoms. The molecule has 328 valence electrons. The van der Waals surface area contributed by atoms with Crippen LogP contribution in [0.4, 0.5) is 48.7 Å². The summed E-state index contributed by atoms with van der Waals surface area (Å²) < 4.78 is 156. The normalized spacial score (nSPS) is 17.9. The van der Waals surface area contributed by atoms with Gasteiger partial charge in [0.1, 0.15) is 23.4 Å². The lowest BCUT2D eigenvalue weighted by molar-refractivity contribution is -0.348. The van der Waals surface area contributed by atoms with E-state index in [1.54, 1.807) is 0 Å². The number of rotatable bonds is 12. The van der Waals surface area contributed by atoms with Gasteiger partial charge in [-0.05, 0) is 68.4 Å². The van der Waals surface area contributed by atoms with Crippen molar-refractivity contribution in [2.45, 2.75) is 80.7 Å². The molecule has 0 radical (unpaired) electrons. The van der Waals surface area contributed by atoms with Gasteiger partial charge in [-0.2, -0.15) is 36.7 Å². The van der Waals surface area contributed by atoms with Crippen LogP contribution in [0.1, 0.15) is 54.4 Å². The first kappa shape index (κ1) is 46.3. The van der Waals surface area contributed by atoms with Crippen molar-refractivity contribution < 1.29 is 87.1 Å². The first-order valence-corrected chi connectivity index (χ1v) is 18.0. The summed E-state index contributed by atoms with van der Waals surface area (Å²) in [6, 6.07) is 4.91. The Labute approximate surface area is 345 Å². The van der Waals surface area contributed by atoms with Gasteiger partial charge in [0.15, 0.2) is 12.5 Å². The molecule has 2 fully saturated rings. The molecule has 3 aromatic rings. The molecule has 2 aromatic carbocycles. The van der Waals surface area contributed by atoms with E-state index in [-0.39, 0.29) is 66.3 Å². The lowest BCUT2D eigenvalue weighted by atomic mass is 9.93. The number of hydrogen-bond donors (Lipinski definition) is 1. The number of benzene rings is 2. The predicted octanol–water partition coefficient (Wildman–Crippen LogP) is 9.14. The fourth-order valence-electron chi connectivity index (χ4n) is 6.13. The van der Waals surface area contributed by atoms with Crippen molar-refractivity contribution in [3.8, 4) is 28.6 Å². The number of esters is 1. The quantitative estimate of drug-likeness (QED) is 0.0796. The SMILES string of the molecule is N#CC1(N(COC(=O)OC2CCC(OC(=O)/C=C/C(=O)O)CC2)C(=O)c2cc(-c3cnn(-c4c(Cl)cc(C(F)(C(F)(F)F)C(F)(F)F)cc4OC(F)(F)F)c3)ccc2Cl)CC1. The average Bonchev–Trinajstić information content (AvgIpc) is 3.80. The van der Waals surface area contributed by atoms with Crippen molar-refractivity contribution in [2.75, 3.05) is 6.73 Å². The van der Waals surface area contributed by atoms with Crippen molar-refractivity contribution in [3.05, 3.63) is 76.0 Å². The highest BCUT2D eigenvalue weighted by molar-refractivity contribution is 6.34. The van der Waals surface area contributed by atoms with Gasteiger partial charge in [-0.3, -0.25) is 9.69 Å². The summed E-state index contributed by atoms with van der Waals surface area (Å²) in [5, 5.41) is 20.8. The third-order valence-electron chi connectivity index (χ3n) is 9.31. The highest BCUT2D eigenvalue weighted by Gasteiger charge is 2.73. The third-order valence-corrected chi connectivity index (χ3v) is 9.93. The van der Waals surface area contributed by atoms with Crippen molar-refractivity contribution in [1.29, 1.82) is 5.26 Å². The Morgan fingerprint density at radius 1 is 0.885 bits per heavy atom. The van der Waals surface area contributed by atoms with Crippen LogP contribution in [0.3, 0.4) is 0 Å². The second kappa shape index (κ2) is 17.3. The first-order valence-electron chi connectivity index (χ1n) is 17.2. The number of amides is 1. The van der Waals surface area contributed by atoms with Crippen molar-refractivity contribution >= 4 is 47.2 Å². The van der Waals surface area contributed by atoms with E-state index in [9.17, 15) is 68.3 Å². The molecule has 2 aliphatic rings. The third kappa shape index (κ3) is 10.4. The van der Waals surface area contributed by atoms with Crippen LogP contribution in [0, 0.1) is 11.3 Å². The minimum Gasteiger partial charge on any atom is -0.478 e. The maximum Gasteiger partial charge on any atom is 0.573 e. The van der Waals surface area contributed by atoms with E-state index in [0.29, 0.717) is 10.8 Å². The molecule has 1 amide bonds. The van der Waals surface area contributed by atoms with Gasteiger partial charge in [0.25, 0.3) is 5.91 Å². The number of aliphatic carboxylic acids is 1. The van der Waals surface area contributed by atoms with E-state index in [2.05, 4.69) is 9.84 Å². The molecule has 2 saturated carbocycles. The van der Waals surface area contributed by atoms with Gasteiger partial charge in [0.2, 0.25) is 0 Å². The maximum atomic E-state index is 14.9. The van der Waals surface area contributed by atoms with Crippen LogP contribution in [-0.2, 0) is 29.5 Å². The van der Waals surface area contributed by atoms with Gasteiger partial charge in [0, 0.05) is 29.5 Å². The number of carboxylic acids is 1. The average molecular weight is 920 g/mol. The summed E-state index contributed by atoms with van der Waals surface area (Å²) in [6.07, 6.45) is -17.2. The summed E-state index contributed by atoms with van der Waals surface area (Å²) in [6.45, 7) is -0.814.